The number of ketones is 1. The highest BCUT2D eigenvalue weighted by Gasteiger charge is 2.43. The highest BCUT2D eigenvalue weighted by molar-refractivity contribution is 6.22. The fourth-order valence-electron chi connectivity index (χ4n) is 3.12. The average molecular weight is 409 g/mol. The monoisotopic (exact) mass is 409 g/mol. The van der Waals surface area contributed by atoms with Gasteiger partial charge in [0.05, 0.1) is 11.1 Å². The van der Waals surface area contributed by atoms with Gasteiger partial charge in [-0.05, 0) is 36.8 Å². The number of fused-ring (bicyclic) bond motifs is 1. The predicted molar refractivity (Wildman–Crippen MR) is 104 cm³/mol. The van der Waals surface area contributed by atoms with Crippen LogP contribution in [-0.4, -0.2) is 47.1 Å². The van der Waals surface area contributed by atoms with E-state index >= 15 is 0 Å². The number of ether oxygens (including phenoxy) is 2. The van der Waals surface area contributed by atoms with Crippen LogP contribution >= 0.6 is 0 Å². The summed E-state index contributed by atoms with van der Waals surface area (Å²) in [6.45, 7) is 2.08. The second kappa shape index (κ2) is 8.69. The number of esters is 2. The summed E-state index contributed by atoms with van der Waals surface area (Å²) in [4.78, 5) is 61.5. The number of rotatable bonds is 7. The van der Waals surface area contributed by atoms with Crippen LogP contribution in [0.5, 0.6) is 5.75 Å². The third-order valence-corrected chi connectivity index (χ3v) is 4.44. The molecule has 8 nitrogen and oxygen atoms in total. The van der Waals surface area contributed by atoms with Crippen molar-refractivity contribution >= 4 is 29.5 Å². The molecular weight excluding hydrogens is 390 g/mol. The van der Waals surface area contributed by atoms with Gasteiger partial charge in [0.15, 0.2) is 5.78 Å². The van der Waals surface area contributed by atoms with Crippen molar-refractivity contribution in [2.75, 3.05) is 6.61 Å². The van der Waals surface area contributed by atoms with Crippen LogP contribution in [0.4, 0.5) is 0 Å². The summed E-state index contributed by atoms with van der Waals surface area (Å²) in [6, 6.07) is 11.3. The molecule has 1 atom stereocenters. The standard InChI is InChI=1S/C22H19NO7/c1-13(24)12-29-22(28)19(11-15-7-9-16(10-8-15)30-14(2)25)23-20(26)17-5-3-4-6-18(17)21(23)27/h3-10,19H,11-12H2,1-2H3/t19-/m0/s1. The minimum absolute atomic E-state index is 0.0252. The number of carbonyl (C=O) groups excluding carboxylic acids is 5. The van der Waals surface area contributed by atoms with Crippen LogP contribution in [0, 0.1) is 0 Å². The van der Waals surface area contributed by atoms with Crippen molar-refractivity contribution in [3.05, 3.63) is 65.2 Å². The molecule has 1 aliphatic heterocycles. The van der Waals surface area contributed by atoms with Crippen LogP contribution in [-0.2, 0) is 25.5 Å². The number of hydrogen-bond donors (Lipinski definition) is 0. The lowest BCUT2D eigenvalue weighted by Gasteiger charge is -2.24. The molecule has 2 aromatic rings. The molecular formula is C22H19NO7. The fraction of sp³-hybridized carbons (Fsp3) is 0.227. The zero-order valence-corrected chi connectivity index (χ0v) is 16.4. The number of carbonyl (C=O) groups is 5. The quantitative estimate of drug-likeness (QED) is 0.391. The van der Waals surface area contributed by atoms with Crippen molar-refractivity contribution in [3.8, 4) is 5.75 Å². The predicted octanol–water partition coefficient (Wildman–Crippen LogP) is 1.95. The topological polar surface area (TPSA) is 107 Å². The molecule has 0 radical (unpaired) electrons. The Balaban J connectivity index is 1.89. The van der Waals surface area contributed by atoms with Gasteiger partial charge >= 0.3 is 11.9 Å². The minimum atomic E-state index is -1.25. The number of hydrogen-bond acceptors (Lipinski definition) is 7. The van der Waals surface area contributed by atoms with Gasteiger partial charge < -0.3 is 9.47 Å². The highest BCUT2D eigenvalue weighted by atomic mass is 16.5. The van der Waals surface area contributed by atoms with Crippen molar-refractivity contribution in [3.63, 3.8) is 0 Å². The highest BCUT2D eigenvalue weighted by Crippen LogP contribution is 2.27. The van der Waals surface area contributed by atoms with E-state index in [1.54, 1.807) is 24.3 Å². The van der Waals surface area contributed by atoms with E-state index in [-0.39, 0.29) is 23.3 Å². The smallest absolute Gasteiger partial charge is 0.330 e. The maximum atomic E-state index is 12.8. The van der Waals surface area contributed by atoms with Gasteiger partial charge in [-0.15, -0.1) is 0 Å². The van der Waals surface area contributed by atoms with E-state index in [0.29, 0.717) is 11.3 Å². The zero-order chi connectivity index (χ0) is 21.8. The summed E-state index contributed by atoms with van der Waals surface area (Å²) in [7, 11) is 0. The molecule has 0 spiro atoms. The van der Waals surface area contributed by atoms with E-state index in [4.69, 9.17) is 9.47 Å². The zero-order valence-electron chi connectivity index (χ0n) is 16.4. The van der Waals surface area contributed by atoms with Gasteiger partial charge in [-0.2, -0.15) is 0 Å². The van der Waals surface area contributed by atoms with Crippen LogP contribution in [0.2, 0.25) is 0 Å². The van der Waals surface area contributed by atoms with E-state index in [9.17, 15) is 24.0 Å². The third kappa shape index (κ3) is 4.43. The molecule has 154 valence electrons. The summed E-state index contributed by atoms with van der Waals surface area (Å²) in [5.41, 5.74) is 1.02. The third-order valence-electron chi connectivity index (χ3n) is 4.44. The van der Waals surface area contributed by atoms with E-state index in [0.717, 1.165) is 4.90 Å². The Hall–Kier alpha value is -3.81. The van der Waals surface area contributed by atoms with Gasteiger partial charge in [0.1, 0.15) is 18.4 Å². The summed E-state index contributed by atoms with van der Waals surface area (Å²) in [6.07, 6.45) is -0.0252. The number of imide groups is 1. The second-order valence-corrected chi connectivity index (χ2v) is 6.79. The normalized spacial score (nSPS) is 13.6. The van der Waals surface area contributed by atoms with Crippen molar-refractivity contribution in [2.45, 2.75) is 26.3 Å². The molecule has 0 fully saturated rings. The molecule has 0 aromatic heterocycles. The van der Waals surface area contributed by atoms with Gasteiger partial charge in [-0.1, -0.05) is 24.3 Å². The van der Waals surface area contributed by atoms with Gasteiger partial charge in [0.25, 0.3) is 11.8 Å². The van der Waals surface area contributed by atoms with Crippen molar-refractivity contribution in [1.82, 2.24) is 4.90 Å². The first-order valence-corrected chi connectivity index (χ1v) is 9.18. The molecule has 0 aliphatic carbocycles. The van der Waals surface area contributed by atoms with Crippen molar-refractivity contribution in [2.24, 2.45) is 0 Å². The Bertz CT molecular complexity index is 991. The minimum Gasteiger partial charge on any atom is -0.456 e. The first-order chi connectivity index (χ1) is 14.3. The molecule has 2 aromatic carbocycles. The van der Waals surface area contributed by atoms with E-state index in [1.807, 2.05) is 0 Å². The Morgan fingerprint density at radius 2 is 1.47 bits per heavy atom. The molecule has 8 heteroatoms. The number of amides is 2. The summed E-state index contributed by atoms with van der Waals surface area (Å²) >= 11 is 0. The second-order valence-electron chi connectivity index (χ2n) is 6.79. The largest absolute Gasteiger partial charge is 0.456 e. The van der Waals surface area contributed by atoms with Crippen molar-refractivity contribution in [1.29, 1.82) is 0 Å². The van der Waals surface area contributed by atoms with Crippen LogP contribution in [0.1, 0.15) is 40.1 Å². The van der Waals surface area contributed by atoms with Crippen LogP contribution < -0.4 is 4.74 Å². The molecule has 0 saturated heterocycles. The molecule has 3 rings (SSSR count). The molecule has 0 saturated carbocycles. The van der Waals surface area contributed by atoms with E-state index in [1.165, 1.54) is 38.1 Å². The molecule has 0 N–H and O–H groups in total. The average Bonchev–Trinajstić information content (AvgIpc) is 2.96. The molecule has 30 heavy (non-hydrogen) atoms. The molecule has 2 amide bonds. The lowest BCUT2D eigenvalue weighted by atomic mass is 10.0. The molecule has 0 bridgehead atoms. The molecule has 1 heterocycles. The van der Waals surface area contributed by atoms with Gasteiger partial charge in [-0.25, -0.2) is 4.79 Å². The number of benzene rings is 2. The van der Waals surface area contributed by atoms with E-state index < -0.39 is 36.4 Å². The molecule has 1 aliphatic rings. The first-order valence-electron chi connectivity index (χ1n) is 9.18. The Morgan fingerprint density at radius 3 is 1.97 bits per heavy atom. The van der Waals surface area contributed by atoms with Crippen LogP contribution in [0.25, 0.3) is 0 Å². The van der Waals surface area contributed by atoms with Crippen LogP contribution in [0.15, 0.2) is 48.5 Å². The maximum absolute atomic E-state index is 12.8. The first kappa shape index (κ1) is 20.9. The van der Waals surface area contributed by atoms with E-state index in [2.05, 4.69) is 0 Å². The van der Waals surface area contributed by atoms with Gasteiger partial charge in [-0.3, -0.25) is 24.1 Å². The molecule has 0 unspecified atom stereocenters. The van der Waals surface area contributed by atoms with Gasteiger partial charge in [0, 0.05) is 13.3 Å². The fourth-order valence-corrected chi connectivity index (χ4v) is 3.12. The lowest BCUT2D eigenvalue weighted by molar-refractivity contribution is -0.151. The summed E-state index contributed by atoms with van der Waals surface area (Å²) in [5.74, 6) is -2.57. The number of Topliss-reactive ketones (excluding diaryl/α,β-unsaturated/α-hetero) is 1. The Morgan fingerprint density at radius 1 is 0.900 bits per heavy atom. The SMILES string of the molecule is CC(=O)COC(=O)[C@H](Cc1ccc(OC(C)=O)cc1)N1C(=O)c2ccccc2C1=O. The Kier molecular flexibility index (Phi) is 6.06. The van der Waals surface area contributed by atoms with Crippen molar-refractivity contribution < 1.29 is 33.4 Å². The summed E-state index contributed by atoms with van der Waals surface area (Å²) < 4.78 is 9.99. The maximum Gasteiger partial charge on any atom is 0.330 e. The Labute approximate surface area is 172 Å². The summed E-state index contributed by atoms with van der Waals surface area (Å²) in [5, 5.41) is 0. The number of nitrogens with zero attached hydrogens (tertiary/aromatic N) is 1. The lowest BCUT2D eigenvalue weighted by Crippen LogP contribution is -2.47. The van der Waals surface area contributed by atoms with Crippen LogP contribution in [0.3, 0.4) is 0 Å². The van der Waals surface area contributed by atoms with Gasteiger partial charge in [0.2, 0.25) is 0 Å².